The highest BCUT2D eigenvalue weighted by atomic mass is 16.4. The number of nitrogens with one attached hydrogen (secondary N) is 1. The third-order valence-electron chi connectivity index (χ3n) is 2.89. The summed E-state index contributed by atoms with van der Waals surface area (Å²) in [5.74, 6) is -0.809. The monoisotopic (exact) mass is 292 g/mol. The summed E-state index contributed by atoms with van der Waals surface area (Å²) in [7, 11) is 1.77. The van der Waals surface area contributed by atoms with Crippen LogP contribution < -0.4 is 5.32 Å². The van der Waals surface area contributed by atoms with Crippen molar-refractivity contribution in [2.45, 2.75) is 33.6 Å². The lowest BCUT2D eigenvalue weighted by molar-refractivity contribution is -0.136. The van der Waals surface area contributed by atoms with Crippen molar-refractivity contribution in [3.8, 4) is 0 Å². The molecule has 1 aromatic rings. The van der Waals surface area contributed by atoms with Gasteiger partial charge in [0.15, 0.2) is 0 Å². The maximum Gasteiger partial charge on any atom is 0.321 e. The van der Waals surface area contributed by atoms with Crippen molar-refractivity contribution in [3.05, 3.63) is 29.8 Å². The van der Waals surface area contributed by atoms with Gasteiger partial charge in [-0.1, -0.05) is 32.9 Å². The summed E-state index contributed by atoms with van der Waals surface area (Å²) in [6, 6.07) is 7.10. The summed E-state index contributed by atoms with van der Waals surface area (Å²) >= 11 is 0. The first kappa shape index (κ1) is 17.0. The SMILES string of the molecule is CN(CC(C)(C)C)C(=O)Nc1ccc(CCC(=O)O)cc1. The van der Waals surface area contributed by atoms with E-state index in [9.17, 15) is 9.59 Å². The number of carbonyl (C=O) groups is 2. The molecule has 0 aromatic heterocycles. The van der Waals surface area contributed by atoms with Gasteiger partial charge in [-0.25, -0.2) is 4.79 Å². The van der Waals surface area contributed by atoms with E-state index in [1.165, 1.54) is 0 Å². The number of aliphatic carboxylic acids is 1. The maximum atomic E-state index is 12.0. The number of carbonyl (C=O) groups excluding carboxylic acids is 1. The average molecular weight is 292 g/mol. The third kappa shape index (κ3) is 6.79. The van der Waals surface area contributed by atoms with E-state index in [4.69, 9.17) is 5.11 Å². The smallest absolute Gasteiger partial charge is 0.321 e. The number of carboxylic acids is 1. The second-order valence-electron chi connectivity index (χ2n) is 6.44. The molecule has 0 fully saturated rings. The first-order chi connectivity index (χ1) is 9.67. The molecule has 116 valence electrons. The van der Waals surface area contributed by atoms with Crippen LogP contribution in [0.2, 0.25) is 0 Å². The van der Waals surface area contributed by atoms with E-state index in [0.717, 1.165) is 5.56 Å². The van der Waals surface area contributed by atoms with Crippen LogP contribution in [0.25, 0.3) is 0 Å². The molecule has 1 aromatic carbocycles. The number of hydrogen-bond acceptors (Lipinski definition) is 2. The fraction of sp³-hybridized carbons (Fsp3) is 0.500. The number of nitrogens with zero attached hydrogens (tertiary/aromatic N) is 1. The molecule has 2 amide bonds. The molecule has 0 aliphatic heterocycles. The van der Waals surface area contributed by atoms with Gasteiger partial charge in [0.2, 0.25) is 0 Å². The van der Waals surface area contributed by atoms with E-state index in [2.05, 4.69) is 26.1 Å². The van der Waals surface area contributed by atoms with Crippen molar-refractivity contribution in [2.24, 2.45) is 5.41 Å². The zero-order valence-electron chi connectivity index (χ0n) is 13.1. The molecular weight excluding hydrogens is 268 g/mol. The Kier molecular flexibility index (Phi) is 5.76. The van der Waals surface area contributed by atoms with Crippen LogP contribution in [0.1, 0.15) is 32.8 Å². The van der Waals surface area contributed by atoms with Crippen molar-refractivity contribution in [2.75, 3.05) is 18.9 Å². The van der Waals surface area contributed by atoms with Crippen LogP contribution in [0, 0.1) is 5.41 Å². The summed E-state index contributed by atoms with van der Waals surface area (Å²) in [5.41, 5.74) is 1.70. The van der Waals surface area contributed by atoms with E-state index in [1.807, 2.05) is 12.1 Å². The molecule has 5 heteroatoms. The molecule has 0 unspecified atom stereocenters. The number of benzene rings is 1. The normalized spacial score (nSPS) is 11.0. The van der Waals surface area contributed by atoms with Gasteiger partial charge in [-0.2, -0.15) is 0 Å². The fourth-order valence-corrected chi connectivity index (χ4v) is 2.01. The molecular formula is C16H24N2O3. The molecule has 21 heavy (non-hydrogen) atoms. The van der Waals surface area contributed by atoms with Crippen LogP contribution in [0.4, 0.5) is 10.5 Å². The van der Waals surface area contributed by atoms with Crippen molar-refractivity contribution < 1.29 is 14.7 Å². The molecule has 0 aliphatic rings. The Balaban J connectivity index is 2.55. The Hall–Kier alpha value is -2.04. The number of carboxylic acid groups (broad SMARTS) is 1. The number of rotatable bonds is 5. The Labute approximate surface area is 126 Å². The molecule has 0 bridgehead atoms. The minimum absolute atomic E-state index is 0.0484. The summed E-state index contributed by atoms with van der Waals surface area (Å²) < 4.78 is 0. The van der Waals surface area contributed by atoms with Crippen molar-refractivity contribution in [1.29, 1.82) is 0 Å². The predicted molar refractivity (Wildman–Crippen MR) is 83.5 cm³/mol. The Morgan fingerprint density at radius 3 is 2.24 bits per heavy atom. The van der Waals surface area contributed by atoms with E-state index >= 15 is 0 Å². The predicted octanol–water partition coefficient (Wildman–Crippen LogP) is 3.21. The Morgan fingerprint density at radius 1 is 1.19 bits per heavy atom. The van der Waals surface area contributed by atoms with Crippen LogP contribution in [0.3, 0.4) is 0 Å². The summed E-state index contributed by atoms with van der Waals surface area (Å²) in [4.78, 5) is 24.2. The van der Waals surface area contributed by atoms with Gasteiger partial charge in [0.05, 0.1) is 0 Å². The number of aryl methyl sites for hydroxylation is 1. The molecule has 0 aliphatic carbocycles. The molecule has 5 nitrogen and oxygen atoms in total. The zero-order chi connectivity index (χ0) is 16.0. The number of hydrogen-bond donors (Lipinski definition) is 2. The minimum atomic E-state index is -0.809. The van der Waals surface area contributed by atoms with Gasteiger partial charge in [0.1, 0.15) is 0 Å². The summed E-state index contributed by atoms with van der Waals surface area (Å²) in [6.07, 6.45) is 0.605. The number of amides is 2. The second kappa shape index (κ2) is 7.11. The maximum absolute atomic E-state index is 12.0. The number of urea groups is 1. The molecule has 0 atom stereocenters. The van der Waals surface area contributed by atoms with E-state index in [0.29, 0.717) is 18.7 Å². The van der Waals surface area contributed by atoms with E-state index < -0.39 is 5.97 Å². The van der Waals surface area contributed by atoms with Crippen LogP contribution in [0.15, 0.2) is 24.3 Å². The molecule has 0 saturated carbocycles. The molecule has 2 N–H and O–H groups in total. The standard InChI is InChI=1S/C16H24N2O3/c1-16(2,3)11-18(4)15(21)17-13-8-5-12(6-9-13)7-10-14(19)20/h5-6,8-9H,7,10-11H2,1-4H3,(H,17,21)(H,19,20). The minimum Gasteiger partial charge on any atom is -0.481 e. The fourth-order valence-electron chi connectivity index (χ4n) is 2.01. The number of anilines is 1. The van der Waals surface area contributed by atoms with Gasteiger partial charge in [-0.3, -0.25) is 4.79 Å². The lowest BCUT2D eigenvalue weighted by atomic mass is 9.96. The van der Waals surface area contributed by atoms with Gasteiger partial charge in [-0.05, 0) is 29.5 Å². The van der Waals surface area contributed by atoms with E-state index in [-0.39, 0.29) is 17.9 Å². The quantitative estimate of drug-likeness (QED) is 0.875. The summed E-state index contributed by atoms with van der Waals surface area (Å²) in [6.45, 7) is 6.89. The Morgan fingerprint density at radius 2 is 1.76 bits per heavy atom. The molecule has 0 radical (unpaired) electrons. The lowest BCUT2D eigenvalue weighted by Gasteiger charge is -2.26. The van der Waals surface area contributed by atoms with Crippen LogP contribution >= 0.6 is 0 Å². The highest BCUT2D eigenvalue weighted by molar-refractivity contribution is 5.89. The van der Waals surface area contributed by atoms with Crippen LogP contribution in [0.5, 0.6) is 0 Å². The van der Waals surface area contributed by atoms with Gasteiger partial charge in [-0.15, -0.1) is 0 Å². The lowest BCUT2D eigenvalue weighted by Crippen LogP contribution is -2.37. The summed E-state index contributed by atoms with van der Waals surface area (Å²) in [5, 5.41) is 11.5. The molecule has 0 heterocycles. The molecule has 1 rings (SSSR count). The van der Waals surface area contributed by atoms with Gasteiger partial charge < -0.3 is 15.3 Å². The van der Waals surface area contributed by atoms with Gasteiger partial charge in [0, 0.05) is 25.7 Å². The second-order valence-corrected chi connectivity index (χ2v) is 6.44. The first-order valence-corrected chi connectivity index (χ1v) is 7.00. The zero-order valence-corrected chi connectivity index (χ0v) is 13.1. The molecule has 0 spiro atoms. The van der Waals surface area contributed by atoms with Crippen molar-refractivity contribution in [3.63, 3.8) is 0 Å². The highest BCUT2D eigenvalue weighted by Crippen LogP contribution is 2.16. The van der Waals surface area contributed by atoms with Gasteiger partial charge >= 0.3 is 12.0 Å². The van der Waals surface area contributed by atoms with Crippen molar-refractivity contribution in [1.82, 2.24) is 4.90 Å². The Bertz CT molecular complexity index is 489. The topological polar surface area (TPSA) is 69.6 Å². The van der Waals surface area contributed by atoms with Gasteiger partial charge in [0.25, 0.3) is 0 Å². The van der Waals surface area contributed by atoms with Crippen LogP contribution in [-0.4, -0.2) is 35.6 Å². The molecule has 0 saturated heterocycles. The van der Waals surface area contributed by atoms with Crippen molar-refractivity contribution >= 4 is 17.7 Å². The first-order valence-electron chi connectivity index (χ1n) is 7.00. The van der Waals surface area contributed by atoms with E-state index in [1.54, 1.807) is 24.1 Å². The average Bonchev–Trinajstić information content (AvgIpc) is 2.35. The van der Waals surface area contributed by atoms with Crippen LogP contribution in [-0.2, 0) is 11.2 Å². The largest absolute Gasteiger partial charge is 0.481 e. The third-order valence-corrected chi connectivity index (χ3v) is 2.89. The highest BCUT2D eigenvalue weighted by Gasteiger charge is 2.17.